The normalized spacial score (nSPS) is 14.2. The Morgan fingerprint density at radius 1 is 1.15 bits per heavy atom. The number of carbonyl (C=O) groups excluding carboxylic acids is 1. The fraction of sp³-hybridized carbons (Fsp3) is 0.381. The number of urea groups is 1. The monoisotopic (exact) mass is 352 g/mol. The maximum atomic E-state index is 12.4. The van der Waals surface area contributed by atoms with Crippen molar-refractivity contribution in [3.8, 4) is 11.5 Å². The molecule has 0 radical (unpaired) electrons. The molecule has 2 aromatic rings. The maximum Gasteiger partial charge on any atom is 0.317 e. The van der Waals surface area contributed by atoms with Crippen molar-refractivity contribution in [2.75, 3.05) is 26.8 Å². The Bertz CT molecular complexity index is 772. The third-order valence-corrected chi connectivity index (χ3v) is 5.02. The van der Waals surface area contributed by atoms with Gasteiger partial charge in [0, 0.05) is 49.7 Å². The minimum Gasteiger partial charge on any atom is -0.493 e. The summed E-state index contributed by atoms with van der Waals surface area (Å²) >= 11 is 0. The van der Waals surface area contributed by atoms with Crippen LogP contribution in [0.5, 0.6) is 11.5 Å². The van der Waals surface area contributed by atoms with Gasteiger partial charge >= 0.3 is 6.03 Å². The van der Waals surface area contributed by atoms with Crippen molar-refractivity contribution in [3.63, 3.8) is 0 Å². The van der Waals surface area contributed by atoms with E-state index < -0.39 is 0 Å². The van der Waals surface area contributed by atoms with Crippen LogP contribution in [0, 0.1) is 0 Å². The molecule has 5 nitrogen and oxygen atoms in total. The molecular weight excluding hydrogens is 328 g/mol. The lowest BCUT2D eigenvalue weighted by atomic mass is 9.97. The van der Waals surface area contributed by atoms with Crippen molar-refractivity contribution in [1.29, 1.82) is 0 Å². The van der Waals surface area contributed by atoms with Crippen molar-refractivity contribution in [2.24, 2.45) is 0 Å². The van der Waals surface area contributed by atoms with E-state index in [1.54, 1.807) is 4.90 Å². The Balaban J connectivity index is 1.37. The van der Waals surface area contributed by atoms with Crippen molar-refractivity contribution < 1.29 is 14.3 Å². The van der Waals surface area contributed by atoms with Gasteiger partial charge in [0.25, 0.3) is 0 Å². The van der Waals surface area contributed by atoms with E-state index in [0.29, 0.717) is 13.1 Å². The van der Waals surface area contributed by atoms with Crippen LogP contribution in [-0.2, 0) is 25.8 Å². The number of hydrogen-bond donors (Lipinski definition) is 1. The molecule has 2 aliphatic heterocycles. The third-order valence-electron chi connectivity index (χ3n) is 5.02. The van der Waals surface area contributed by atoms with Gasteiger partial charge in [-0.3, -0.25) is 0 Å². The zero-order chi connectivity index (χ0) is 17.9. The second-order valence-electron chi connectivity index (χ2n) is 6.84. The third kappa shape index (κ3) is 3.34. The zero-order valence-electron chi connectivity index (χ0n) is 15.1. The van der Waals surface area contributed by atoms with Crippen LogP contribution in [0.15, 0.2) is 36.4 Å². The summed E-state index contributed by atoms with van der Waals surface area (Å²) in [6, 6.07) is 12.1. The summed E-state index contributed by atoms with van der Waals surface area (Å²) in [5.41, 5.74) is 4.80. The van der Waals surface area contributed by atoms with Gasteiger partial charge in [-0.25, -0.2) is 4.79 Å². The topological polar surface area (TPSA) is 50.8 Å². The molecule has 0 spiro atoms. The molecule has 1 N–H and O–H groups in total. The molecule has 0 aliphatic carbocycles. The van der Waals surface area contributed by atoms with Crippen molar-refractivity contribution in [3.05, 3.63) is 58.7 Å². The molecule has 2 aromatic carbocycles. The molecule has 0 saturated carbocycles. The lowest BCUT2D eigenvalue weighted by Gasteiger charge is -2.19. The molecular formula is C21H24N2O3. The van der Waals surface area contributed by atoms with Crippen molar-refractivity contribution in [2.45, 2.75) is 25.8 Å². The predicted molar refractivity (Wildman–Crippen MR) is 99.9 cm³/mol. The molecule has 5 heteroatoms. The van der Waals surface area contributed by atoms with Crippen LogP contribution in [0.4, 0.5) is 4.79 Å². The molecule has 2 aliphatic rings. The number of ether oxygens (including phenoxy) is 2. The quantitative estimate of drug-likeness (QED) is 0.900. The molecule has 0 fully saturated rings. The molecule has 0 unspecified atom stereocenters. The van der Waals surface area contributed by atoms with Crippen LogP contribution in [0.25, 0.3) is 0 Å². The molecule has 136 valence electrons. The van der Waals surface area contributed by atoms with Gasteiger partial charge in [-0.05, 0) is 18.1 Å². The predicted octanol–water partition coefficient (Wildman–Crippen LogP) is 2.94. The highest BCUT2D eigenvalue weighted by Crippen LogP contribution is 2.40. The van der Waals surface area contributed by atoms with Crippen LogP contribution in [0.2, 0.25) is 0 Å². The molecule has 0 bridgehead atoms. The summed E-state index contributed by atoms with van der Waals surface area (Å²) in [7, 11) is 1.82. The average molecular weight is 352 g/mol. The number of nitrogens with zero attached hydrogens (tertiary/aromatic N) is 1. The molecule has 0 saturated heterocycles. The fourth-order valence-electron chi connectivity index (χ4n) is 3.71. The smallest absolute Gasteiger partial charge is 0.317 e. The van der Waals surface area contributed by atoms with Crippen molar-refractivity contribution >= 4 is 6.03 Å². The Kier molecular flexibility index (Phi) is 4.69. The summed E-state index contributed by atoms with van der Waals surface area (Å²) in [5, 5.41) is 3.02. The lowest BCUT2D eigenvalue weighted by molar-refractivity contribution is 0.207. The Morgan fingerprint density at radius 3 is 2.81 bits per heavy atom. The highest BCUT2D eigenvalue weighted by molar-refractivity contribution is 5.73. The second-order valence-corrected chi connectivity index (χ2v) is 6.84. The molecule has 26 heavy (non-hydrogen) atoms. The van der Waals surface area contributed by atoms with E-state index in [-0.39, 0.29) is 6.03 Å². The van der Waals surface area contributed by atoms with E-state index in [2.05, 4.69) is 11.4 Å². The van der Waals surface area contributed by atoms with Gasteiger partial charge in [0.1, 0.15) is 11.5 Å². The molecule has 4 rings (SSSR count). The van der Waals surface area contributed by atoms with Crippen LogP contribution < -0.4 is 14.8 Å². The number of benzene rings is 2. The number of nitrogens with one attached hydrogen (secondary N) is 1. The van der Waals surface area contributed by atoms with E-state index in [1.807, 2.05) is 37.4 Å². The largest absolute Gasteiger partial charge is 0.493 e. The highest BCUT2D eigenvalue weighted by Gasteiger charge is 2.26. The first-order valence-corrected chi connectivity index (χ1v) is 9.18. The summed E-state index contributed by atoms with van der Waals surface area (Å²) in [4.78, 5) is 14.1. The number of carbonyl (C=O) groups is 1. The molecule has 0 atom stereocenters. The number of hydrogen-bond acceptors (Lipinski definition) is 3. The fourth-order valence-corrected chi connectivity index (χ4v) is 3.71. The van der Waals surface area contributed by atoms with Crippen LogP contribution in [-0.4, -0.2) is 37.7 Å². The number of amides is 2. The van der Waals surface area contributed by atoms with Gasteiger partial charge in [-0.15, -0.1) is 0 Å². The number of fused-ring (bicyclic) bond motifs is 2. The first-order chi connectivity index (χ1) is 12.7. The Morgan fingerprint density at radius 2 is 1.96 bits per heavy atom. The van der Waals surface area contributed by atoms with E-state index in [0.717, 1.165) is 49.5 Å². The van der Waals surface area contributed by atoms with E-state index in [4.69, 9.17) is 9.47 Å². The molecule has 2 amide bonds. The van der Waals surface area contributed by atoms with E-state index in [1.165, 1.54) is 16.7 Å². The van der Waals surface area contributed by atoms with Gasteiger partial charge < -0.3 is 19.7 Å². The summed E-state index contributed by atoms with van der Waals surface area (Å²) < 4.78 is 11.6. The van der Waals surface area contributed by atoms with Crippen LogP contribution in [0.1, 0.15) is 22.3 Å². The lowest BCUT2D eigenvalue weighted by Crippen LogP contribution is -2.37. The zero-order valence-corrected chi connectivity index (χ0v) is 15.1. The Labute approximate surface area is 153 Å². The van der Waals surface area contributed by atoms with E-state index >= 15 is 0 Å². The highest BCUT2D eigenvalue weighted by atomic mass is 16.5. The van der Waals surface area contributed by atoms with Crippen LogP contribution in [0.3, 0.4) is 0 Å². The SMILES string of the molecule is CN(Cc1ccccc1)C(=O)NCCc1c2c(cc3c1OCC3)OCC2. The van der Waals surface area contributed by atoms with Gasteiger partial charge in [0.05, 0.1) is 13.2 Å². The minimum absolute atomic E-state index is 0.0600. The van der Waals surface area contributed by atoms with Crippen LogP contribution >= 0.6 is 0 Å². The van der Waals surface area contributed by atoms with Gasteiger partial charge in [-0.1, -0.05) is 30.3 Å². The number of rotatable bonds is 5. The Hall–Kier alpha value is -2.69. The molecule has 0 aromatic heterocycles. The summed E-state index contributed by atoms with van der Waals surface area (Å²) in [6.07, 6.45) is 2.62. The summed E-state index contributed by atoms with van der Waals surface area (Å²) in [6.45, 7) is 2.65. The van der Waals surface area contributed by atoms with Gasteiger partial charge in [-0.2, -0.15) is 0 Å². The van der Waals surface area contributed by atoms with Gasteiger partial charge in [0.15, 0.2) is 0 Å². The van der Waals surface area contributed by atoms with Gasteiger partial charge in [0.2, 0.25) is 0 Å². The second kappa shape index (κ2) is 7.28. The molecule has 2 heterocycles. The van der Waals surface area contributed by atoms with Crippen molar-refractivity contribution in [1.82, 2.24) is 10.2 Å². The van der Waals surface area contributed by atoms with E-state index in [9.17, 15) is 4.79 Å². The first kappa shape index (κ1) is 16.8. The summed E-state index contributed by atoms with van der Waals surface area (Å²) in [5.74, 6) is 2.01. The average Bonchev–Trinajstić information content (AvgIpc) is 3.30. The first-order valence-electron chi connectivity index (χ1n) is 9.18. The maximum absolute atomic E-state index is 12.4. The standard InChI is InChI=1S/C21H24N2O3/c1-23(14-15-5-3-2-4-6-15)21(24)22-10-7-18-17-9-12-25-19(17)13-16-8-11-26-20(16)18/h2-6,13H,7-12,14H2,1H3,(H,22,24). The minimum atomic E-state index is -0.0600.